The van der Waals surface area contributed by atoms with Crippen LogP contribution in [0.15, 0.2) is 0 Å². The predicted molar refractivity (Wildman–Crippen MR) is 118 cm³/mol. The van der Waals surface area contributed by atoms with Crippen molar-refractivity contribution in [2.75, 3.05) is 0 Å². The molecule has 0 aliphatic rings. The van der Waals surface area contributed by atoms with Crippen molar-refractivity contribution in [1.82, 2.24) is 16.0 Å². The lowest BCUT2D eigenvalue weighted by Gasteiger charge is -2.26. The van der Waals surface area contributed by atoms with Crippen molar-refractivity contribution in [3.8, 4) is 0 Å². The summed E-state index contributed by atoms with van der Waals surface area (Å²) in [5.74, 6) is -6.46. The predicted octanol–water partition coefficient (Wildman–Crippen LogP) is -2.59. The molecule has 0 aromatic heterocycles. The number of amides is 4. The summed E-state index contributed by atoms with van der Waals surface area (Å²) in [5, 5.41) is 34.4. The van der Waals surface area contributed by atoms with Crippen LogP contribution in [0.3, 0.4) is 0 Å². The van der Waals surface area contributed by atoms with Gasteiger partial charge in [-0.25, -0.2) is 4.79 Å². The van der Waals surface area contributed by atoms with E-state index in [9.17, 15) is 33.9 Å². The van der Waals surface area contributed by atoms with E-state index in [1.165, 1.54) is 0 Å². The number of hydrogen-bond acceptors (Lipinski definition) is 8. The topological polar surface area (TPSA) is 251 Å². The Bertz CT molecular complexity index is 759. The molecule has 14 nitrogen and oxygen atoms in total. The third-order valence-corrected chi connectivity index (χ3v) is 5.20. The lowest BCUT2D eigenvalue weighted by atomic mass is 9.98. The third kappa shape index (κ3) is 11.0. The number of carboxylic acid groups (broad SMARTS) is 2. The highest BCUT2D eigenvalue weighted by atomic mass is 16.4. The Balaban J connectivity index is 5.66. The highest BCUT2D eigenvalue weighted by Crippen LogP contribution is 2.08. The standard InChI is InChI=1S/C20H35N5O9/c1-4-9(2)15(22)19(32)24-11(5-7-13(21)27)17(30)23-12(6-8-14(28)29)18(31)25-16(10(3)26)20(33)34/h9-12,15-16,26H,4-8,22H2,1-3H3,(H2,21,27)(H,23,30)(H,24,32)(H,25,31)(H,28,29)(H,33,34). The smallest absolute Gasteiger partial charge is 0.328 e. The molecule has 0 spiro atoms. The number of hydrogen-bond donors (Lipinski definition) is 8. The molecule has 0 aromatic rings. The van der Waals surface area contributed by atoms with Gasteiger partial charge in [0.05, 0.1) is 12.1 Å². The number of primary amides is 1. The minimum atomic E-state index is -1.71. The molecule has 0 radical (unpaired) electrons. The van der Waals surface area contributed by atoms with Gasteiger partial charge in [-0.15, -0.1) is 0 Å². The molecule has 0 rings (SSSR count). The fourth-order valence-electron chi connectivity index (χ4n) is 2.79. The molecule has 0 saturated carbocycles. The first-order chi connectivity index (χ1) is 15.7. The Kier molecular flexibility index (Phi) is 13.4. The fraction of sp³-hybridized carbons (Fsp3) is 0.700. The van der Waals surface area contributed by atoms with Crippen molar-refractivity contribution >= 4 is 35.6 Å². The molecule has 0 saturated heterocycles. The summed E-state index contributed by atoms with van der Waals surface area (Å²) in [7, 11) is 0. The zero-order chi connectivity index (χ0) is 26.6. The molecule has 0 aliphatic carbocycles. The van der Waals surface area contributed by atoms with Crippen LogP contribution in [0.2, 0.25) is 0 Å². The minimum absolute atomic E-state index is 0.220. The number of carbonyl (C=O) groups excluding carboxylic acids is 4. The van der Waals surface area contributed by atoms with Gasteiger partial charge in [0.2, 0.25) is 23.6 Å². The highest BCUT2D eigenvalue weighted by molar-refractivity contribution is 5.94. The normalized spacial score (nSPS) is 16.1. The zero-order valence-electron chi connectivity index (χ0n) is 19.4. The van der Waals surface area contributed by atoms with Crippen molar-refractivity contribution in [2.24, 2.45) is 17.4 Å². The number of rotatable bonds is 16. The molecule has 10 N–H and O–H groups in total. The van der Waals surface area contributed by atoms with Crippen LogP contribution in [0.5, 0.6) is 0 Å². The summed E-state index contributed by atoms with van der Waals surface area (Å²) < 4.78 is 0. The fourth-order valence-corrected chi connectivity index (χ4v) is 2.79. The zero-order valence-corrected chi connectivity index (χ0v) is 19.4. The van der Waals surface area contributed by atoms with E-state index >= 15 is 0 Å². The summed E-state index contributed by atoms with van der Waals surface area (Å²) in [6.45, 7) is 4.67. The summed E-state index contributed by atoms with van der Waals surface area (Å²) in [6.07, 6.45) is -2.38. The Hall–Kier alpha value is -3.26. The minimum Gasteiger partial charge on any atom is -0.481 e. The molecule has 194 valence electrons. The second-order valence-corrected chi connectivity index (χ2v) is 8.04. The second-order valence-electron chi connectivity index (χ2n) is 8.04. The van der Waals surface area contributed by atoms with E-state index in [4.69, 9.17) is 21.7 Å². The molecule has 0 aliphatic heterocycles. The first-order valence-electron chi connectivity index (χ1n) is 10.8. The van der Waals surface area contributed by atoms with Crippen molar-refractivity contribution < 1.29 is 44.1 Å². The van der Waals surface area contributed by atoms with Crippen LogP contribution >= 0.6 is 0 Å². The number of carboxylic acids is 2. The number of carbonyl (C=O) groups is 6. The molecule has 6 unspecified atom stereocenters. The van der Waals surface area contributed by atoms with Gasteiger partial charge in [0, 0.05) is 12.8 Å². The maximum atomic E-state index is 12.9. The molecule has 0 aromatic carbocycles. The quantitative estimate of drug-likeness (QED) is 0.112. The number of nitrogens with one attached hydrogen (secondary N) is 3. The van der Waals surface area contributed by atoms with Crippen molar-refractivity contribution in [1.29, 1.82) is 0 Å². The molecule has 0 bridgehead atoms. The number of aliphatic hydroxyl groups is 1. The molecule has 34 heavy (non-hydrogen) atoms. The number of aliphatic carboxylic acids is 2. The van der Waals surface area contributed by atoms with E-state index in [0.29, 0.717) is 6.42 Å². The Morgan fingerprint density at radius 2 is 1.29 bits per heavy atom. The molecular formula is C20H35N5O9. The van der Waals surface area contributed by atoms with E-state index in [0.717, 1.165) is 6.92 Å². The molecule has 0 heterocycles. The van der Waals surface area contributed by atoms with Gasteiger partial charge in [0.25, 0.3) is 0 Å². The van der Waals surface area contributed by atoms with Gasteiger partial charge >= 0.3 is 11.9 Å². The van der Waals surface area contributed by atoms with Crippen molar-refractivity contribution in [3.63, 3.8) is 0 Å². The first-order valence-corrected chi connectivity index (χ1v) is 10.8. The van der Waals surface area contributed by atoms with Crippen LogP contribution in [-0.2, 0) is 28.8 Å². The van der Waals surface area contributed by atoms with Crippen LogP contribution in [0, 0.1) is 5.92 Å². The van der Waals surface area contributed by atoms with Crippen molar-refractivity contribution in [3.05, 3.63) is 0 Å². The molecule has 6 atom stereocenters. The van der Waals surface area contributed by atoms with E-state index < -0.39 is 78.7 Å². The van der Waals surface area contributed by atoms with Gasteiger partial charge in [-0.2, -0.15) is 0 Å². The van der Waals surface area contributed by atoms with Crippen LogP contribution in [0.1, 0.15) is 52.9 Å². The third-order valence-electron chi connectivity index (χ3n) is 5.20. The van der Waals surface area contributed by atoms with E-state index in [-0.39, 0.29) is 18.8 Å². The molecular weight excluding hydrogens is 454 g/mol. The van der Waals surface area contributed by atoms with Crippen LogP contribution in [0.25, 0.3) is 0 Å². The van der Waals surface area contributed by atoms with E-state index in [2.05, 4.69) is 10.6 Å². The second kappa shape index (κ2) is 14.8. The van der Waals surface area contributed by atoms with Crippen LogP contribution in [0.4, 0.5) is 0 Å². The summed E-state index contributed by atoms with van der Waals surface area (Å²) >= 11 is 0. The average molecular weight is 490 g/mol. The average Bonchev–Trinajstić information content (AvgIpc) is 2.75. The number of aliphatic hydroxyl groups excluding tert-OH is 1. The van der Waals surface area contributed by atoms with Gasteiger partial charge in [-0.3, -0.25) is 24.0 Å². The highest BCUT2D eigenvalue weighted by Gasteiger charge is 2.32. The van der Waals surface area contributed by atoms with Gasteiger partial charge in [-0.05, 0) is 25.7 Å². The van der Waals surface area contributed by atoms with E-state index in [1.807, 2.05) is 12.2 Å². The van der Waals surface area contributed by atoms with Gasteiger partial charge in [0.1, 0.15) is 12.1 Å². The Morgan fingerprint density at radius 3 is 1.71 bits per heavy atom. The molecule has 4 amide bonds. The monoisotopic (exact) mass is 489 g/mol. The van der Waals surface area contributed by atoms with Crippen molar-refractivity contribution in [2.45, 2.75) is 83.1 Å². The maximum Gasteiger partial charge on any atom is 0.328 e. The SMILES string of the molecule is CCC(C)C(N)C(=O)NC(CCC(N)=O)C(=O)NC(CCC(=O)O)C(=O)NC(C(=O)O)C(C)O. The lowest BCUT2D eigenvalue weighted by molar-refractivity contribution is -0.145. The van der Waals surface area contributed by atoms with Gasteiger partial charge < -0.3 is 42.7 Å². The van der Waals surface area contributed by atoms with Gasteiger partial charge in [-0.1, -0.05) is 20.3 Å². The largest absolute Gasteiger partial charge is 0.481 e. The first kappa shape index (κ1) is 30.7. The maximum absolute atomic E-state index is 12.9. The van der Waals surface area contributed by atoms with Crippen LogP contribution < -0.4 is 27.4 Å². The summed E-state index contributed by atoms with van der Waals surface area (Å²) in [6, 6.07) is -5.51. The van der Waals surface area contributed by atoms with Crippen LogP contribution in [-0.4, -0.2) is 81.2 Å². The van der Waals surface area contributed by atoms with E-state index in [1.54, 1.807) is 6.92 Å². The Labute approximate surface area is 196 Å². The lowest BCUT2D eigenvalue weighted by Crippen LogP contribution is -2.58. The van der Waals surface area contributed by atoms with Gasteiger partial charge in [0.15, 0.2) is 6.04 Å². The Morgan fingerprint density at radius 1 is 0.824 bits per heavy atom. The molecule has 0 fully saturated rings. The molecule has 14 heteroatoms. The number of nitrogens with two attached hydrogens (primary N) is 2. The summed E-state index contributed by atoms with van der Waals surface area (Å²) in [5.41, 5.74) is 11.0. The summed E-state index contributed by atoms with van der Waals surface area (Å²) in [4.78, 5) is 71.3.